The van der Waals surface area contributed by atoms with E-state index in [1.54, 1.807) is 12.1 Å². The highest BCUT2D eigenvalue weighted by molar-refractivity contribution is 5.93. The summed E-state index contributed by atoms with van der Waals surface area (Å²) >= 11 is 0. The number of hydrogen-bond acceptors (Lipinski definition) is 4. The van der Waals surface area contributed by atoms with Gasteiger partial charge in [0, 0.05) is 29.6 Å². The maximum atomic E-state index is 12.9. The molecule has 4 rings (SSSR count). The minimum atomic E-state index is -0.425. The van der Waals surface area contributed by atoms with E-state index in [0.717, 1.165) is 22.2 Å². The molecule has 0 aliphatic heterocycles. The molecule has 4 aromatic rings. The zero-order chi connectivity index (χ0) is 19.5. The van der Waals surface area contributed by atoms with Gasteiger partial charge in [0.2, 0.25) is 0 Å². The molecule has 0 unspecified atom stereocenters. The number of nitro groups is 1. The van der Waals surface area contributed by atoms with Crippen LogP contribution in [-0.2, 0) is 13.0 Å². The van der Waals surface area contributed by atoms with E-state index in [4.69, 9.17) is 0 Å². The van der Waals surface area contributed by atoms with Crippen molar-refractivity contribution in [1.29, 1.82) is 0 Å². The topological polar surface area (TPSA) is 78.0 Å². The first kappa shape index (κ1) is 17.6. The molecule has 0 atom stereocenters. The molecule has 0 saturated carbocycles. The average molecular weight is 371 g/mol. The van der Waals surface area contributed by atoms with Crippen molar-refractivity contribution in [3.8, 4) is 11.3 Å². The van der Waals surface area contributed by atoms with Gasteiger partial charge in [0.25, 0.3) is 11.2 Å². The molecule has 1 heterocycles. The number of nitro benzene ring substituents is 1. The van der Waals surface area contributed by atoms with Crippen molar-refractivity contribution >= 4 is 16.5 Å². The van der Waals surface area contributed by atoms with Crippen LogP contribution in [0.2, 0.25) is 0 Å². The van der Waals surface area contributed by atoms with E-state index >= 15 is 0 Å². The normalized spacial score (nSPS) is 10.9. The summed E-state index contributed by atoms with van der Waals surface area (Å²) < 4.78 is 1.48. The molecule has 0 fully saturated rings. The van der Waals surface area contributed by atoms with Gasteiger partial charge in [-0.2, -0.15) is 5.10 Å². The average Bonchev–Trinajstić information content (AvgIpc) is 2.74. The zero-order valence-corrected chi connectivity index (χ0v) is 15.0. The molecule has 0 amide bonds. The van der Waals surface area contributed by atoms with Gasteiger partial charge < -0.3 is 0 Å². The molecule has 0 bridgehead atoms. The molecule has 0 aliphatic rings. The largest absolute Gasteiger partial charge is 0.274 e. The van der Waals surface area contributed by atoms with Gasteiger partial charge in [0.05, 0.1) is 16.0 Å². The van der Waals surface area contributed by atoms with Crippen molar-refractivity contribution in [2.24, 2.45) is 0 Å². The Bertz CT molecular complexity index is 1200. The van der Waals surface area contributed by atoms with Crippen LogP contribution in [0.15, 0.2) is 83.7 Å². The van der Waals surface area contributed by atoms with E-state index in [0.29, 0.717) is 18.4 Å². The lowest BCUT2D eigenvalue weighted by Crippen LogP contribution is -2.24. The van der Waals surface area contributed by atoms with Crippen molar-refractivity contribution in [1.82, 2.24) is 9.78 Å². The molecule has 0 saturated heterocycles. The maximum absolute atomic E-state index is 12.9. The molecule has 0 radical (unpaired) electrons. The highest BCUT2D eigenvalue weighted by atomic mass is 16.6. The van der Waals surface area contributed by atoms with Crippen LogP contribution in [0.4, 0.5) is 5.69 Å². The number of aryl methyl sites for hydroxylation is 2. The minimum absolute atomic E-state index is 0.0520. The fourth-order valence-corrected chi connectivity index (χ4v) is 3.22. The van der Waals surface area contributed by atoms with E-state index in [2.05, 4.69) is 5.10 Å². The zero-order valence-electron chi connectivity index (χ0n) is 15.0. The number of rotatable bonds is 5. The summed E-state index contributed by atoms with van der Waals surface area (Å²) in [5.41, 5.74) is 2.53. The number of hydrogen-bond donors (Lipinski definition) is 0. The standard InChI is InChI=1S/C22H17N3O3/c26-22-20-9-5-4-8-19(20)21(17-6-2-1-3-7-17)23-24(22)15-14-16-10-12-18(13-11-16)25(27)28/h1-13H,14-15H2. The quantitative estimate of drug-likeness (QED) is 0.389. The number of aromatic nitrogens is 2. The maximum Gasteiger partial charge on any atom is 0.274 e. The van der Waals surface area contributed by atoms with Crippen LogP contribution in [0.1, 0.15) is 5.56 Å². The van der Waals surface area contributed by atoms with Crippen molar-refractivity contribution in [3.63, 3.8) is 0 Å². The summed E-state index contributed by atoms with van der Waals surface area (Å²) in [6.45, 7) is 0.390. The van der Waals surface area contributed by atoms with E-state index in [1.807, 2.05) is 54.6 Å². The van der Waals surface area contributed by atoms with Gasteiger partial charge in [0.1, 0.15) is 0 Å². The van der Waals surface area contributed by atoms with Crippen LogP contribution >= 0.6 is 0 Å². The first-order valence-electron chi connectivity index (χ1n) is 8.92. The number of benzene rings is 3. The smallest absolute Gasteiger partial charge is 0.267 e. The Morgan fingerprint density at radius 2 is 1.50 bits per heavy atom. The van der Waals surface area contributed by atoms with Crippen LogP contribution < -0.4 is 5.56 Å². The SMILES string of the molecule is O=c1c2ccccc2c(-c2ccccc2)nn1CCc1ccc([N+](=O)[O-])cc1. The third-order valence-corrected chi connectivity index (χ3v) is 4.67. The predicted molar refractivity (Wildman–Crippen MR) is 108 cm³/mol. The minimum Gasteiger partial charge on any atom is -0.267 e. The Morgan fingerprint density at radius 1 is 0.857 bits per heavy atom. The first-order valence-corrected chi connectivity index (χ1v) is 8.92. The van der Waals surface area contributed by atoms with E-state index in [9.17, 15) is 14.9 Å². The number of nitrogens with zero attached hydrogens (tertiary/aromatic N) is 3. The van der Waals surface area contributed by atoms with E-state index in [1.165, 1.54) is 16.8 Å². The summed E-state index contributed by atoms with van der Waals surface area (Å²) in [6, 6.07) is 23.6. The summed E-state index contributed by atoms with van der Waals surface area (Å²) in [4.78, 5) is 23.2. The molecule has 6 heteroatoms. The third-order valence-electron chi connectivity index (χ3n) is 4.67. The van der Waals surface area contributed by atoms with Crippen LogP contribution in [0.3, 0.4) is 0 Å². The lowest BCUT2D eigenvalue weighted by Gasteiger charge is -2.11. The molecule has 3 aromatic carbocycles. The lowest BCUT2D eigenvalue weighted by molar-refractivity contribution is -0.384. The van der Waals surface area contributed by atoms with Crippen molar-refractivity contribution in [3.05, 3.63) is 105 Å². The van der Waals surface area contributed by atoms with E-state index < -0.39 is 4.92 Å². The Morgan fingerprint density at radius 3 is 2.18 bits per heavy atom. The molecule has 0 N–H and O–H groups in total. The summed E-state index contributed by atoms with van der Waals surface area (Å²) in [5.74, 6) is 0. The highest BCUT2D eigenvalue weighted by Crippen LogP contribution is 2.24. The molecule has 6 nitrogen and oxygen atoms in total. The molecule has 1 aromatic heterocycles. The van der Waals surface area contributed by atoms with Crippen LogP contribution in [0.5, 0.6) is 0 Å². The molecular formula is C22H17N3O3. The highest BCUT2D eigenvalue weighted by Gasteiger charge is 2.12. The summed E-state index contributed by atoms with van der Waals surface area (Å²) in [7, 11) is 0. The Labute approximate surface area is 160 Å². The predicted octanol–water partition coefficient (Wildman–Crippen LogP) is 4.21. The van der Waals surface area contributed by atoms with E-state index in [-0.39, 0.29) is 11.2 Å². The van der Waals surface area contributed by atoms with Gasteiger partial charge in [-0.15, -0.1) is 0 Å². The second kappa shape index (κ2) is 7.44. The number of non-ortho nitro benzene ring substituents is 1. The molecule has 0 aliphatic carbocycles. The molecule has 0 spiro atoms. The Balaban J connectivity index is 1.72. The molecular weight excluding hydrogens is 354 g/mol. The van der Waals surface area contributed by atoms with Gasteiger partial charge in [-0.3, -0.25) is 14.9 Å². The fraction of sp³-hybridized carbons (Fsp3) is 0.0909. The Hall–Kier alpha value is -3.80. The van der Waals surface area contributed by atoms with Gasteiger partial charge >= 0.3 is 0 Å². The third kappa shape index (κ3) is 3.40. The second-order valence-corrected chi connectivity index (χ2v) is 6.46. The lowest BCUT2D eigenvalue weighted by atomic mass is 10.1. The first-order chi connectivity index (χ1) is 13.6. The van der Waals surface area contributed by atoms with Crippen molar-refractivity contribution < 1.29 is 4.92 Å². The Kier molecular flexibility index (Phi) is 4.68. The van der Waals surface area contributed by atoms with Gasteiger partial charge in [-0.05, 0) is 18.1 Å². The van der Waals surface area contributed by atoms with Crippen LogP contribution in [-0.4, -0.2) is 14.7 Å². The fourth-order valence-electron chi connectivity index (χ4n) is 3.22. The van der Waals surface area contributed by atoms with Gasteiger partial charge in [-0.25, -0.2) is 4.68 Å². The monoisotopic (exact) mass is 371 g/mol. The summed E-state index contributed by atoms with van der Waals surface area (Å²) in [6.07, 6.45) is 0.553. The second-order valence-electron chi connectivity index (χ2n) is 6.46. The van der Waals surface area contributed by atoms with Crippen molar-refractivity contribution in [2.45, 2.75) is 13.0 Å². The molecule has 28 heavy (non-hydrogen) atoms. The van der Waals surface area contributed by atoms with Gasteiger partial charge in [0.15, 0.2) is 0 Å². The van der Waals surface area contributed by atoms with Crippen LogP contribution in [0.25, 0.3) is 22.0 Å². The molecule has 138 valence electrons. The number of fused-ring (bicyclic) bond motifs is 1. The summed E-state index contributed by atoms with van der Waals surface area (Å²) in [5, 5.41) is 16.9. The van der Waals surface area contributed by atoms with Crippen LogP contribution in [0, 0.1) is 10.1 Å². The van der Waals surface area contributed by atoms with Gasteiger partial charge in [-0.1, -0.05) is 60.7 Å². The van der Waals surface area contributed by atoms with Crippen molar-refractivity contribution in [2.75, 3.05) is 0 Å².